The van der Waals surface area contributed by atoms with Crippen molar-refractivity contribution >= 4 is 71.3 Å². The number of nitrogens with zero attached hydrogens (tertiary/aromatic N) is 1. The molecule has 0 radical (unpaired) electrons. The average Bonchev–Trinajstić information content (AvgIpc) is 3.65. The molecule has 1 aromatic heterocycles. The summed E-state index contributed by atoms with van der Waals surface area (Å²) in [6, 6.07) is 76.6. The maximum Gasteiger partial charge on any atom is 0.136 e. The second kappa shape index (κ2) is 13.2. The van der Waals surface area contributed by atoms with Crippen LogP contribution in [-0.2, 0) is 0 Å². The molecule has 0 N–H and O–H groups in total. The molecule has 0 unspecified atom stereocenters. The summed E-state index contributed by atoms with van der Waals surface area (Å²) in [6.07, 6.45) is 0. The van der Waals surface area contributed by atoms with Crippen molar-refractivity contribution in [3.05, 3.63) is 212 Å². The van der Waals surface area contributed by atoms with Crippen LogP contribution >= 0.6 is 0 Å². The monoisotopic (exact) mass is 713 g/mol. The molecule has 0 aliphatic heterocycles. The minimum absolute atomic E-state index is 0.903. The van der Waals surface area contributed by atoms with Crippen molar-refractivity contribution in [2.24, 2.45) is 0 Å². The number of hydrogen-bond acceptors (Lipinski definition) is 2. The van der Waals surface area contributed by atoms with Crippen LogP contribution in [0.4, 0.5) is 17.1 Å². The summed E-state index contributed by atoms with van der Waals surface area (Å²) in [4.78, 5) is 2.35. The van der Waals surface area contributed by atoms with Gasteiger partial charge in [-0.1, -0.05) is 146 Å². The molecule has 0 atom stereocenters. The van der Waals surface area contributed by atoms with Crippen molar-refractivity contribution in [1.82, 2.24) is 0 Å². The fourth-order valence-corrected chi connectivity index (χ4v) is 8.34. The third-order valence-electron chi connectivity index (χ3n) is 11.2. The summed E-state index contributed by atoms with van der Waals surface area (Å²) < 4.78 is 6.23. The second-order valence-electron chi connectivity index (χ2n) is 14.6. The Morgan fingerprint density at radius 1 is 0.250 bits per heavy atom. The first-order chi connectivity index (χ1) is 27.7. The number of hydrogen-bond donors (Lipinski definition) is 0. The van der Waals surface area contributed by atoms with Crippen LogP contribution in [0.3, 0.4) is 0 Å². The first-order valence-electron chi connectivity index (χ1n) is 19.2. The molecule has 0 saturated carbocycles. The highest BCUT2D eigenvalue weighted by Crippen LogP contribution is 2.40. The predicted molar refractivity (Wildman–Crippen MR) is 237 cm³/mol. The van der Waals surface area contributed by atoms with Crippen LogP contribution in [0.15, 0.2) is 217 Å². The minimum atomic E-state index is 0.903. The molecular formula is C54H35NO. The van der Waals surface area contributed by atoms with E-state index in [1.807, 2.05) is 12.1 Å². The van der Waals surface area contributed by atoms with E-state index < -0.39 is 0 Å². The van der Waals surface area contributed by atoms with Crippen molar-refractivity contribution in [3.8, 4) is 33.4 Å². The zero-order valence-corrected chi connectivity index (χ0v) is 30.6. The molecule has 11 aromatic rings. The summed E-state index contributed by atoms with van der Waals surface area (Å²) in [5.41, 5.74) is 12.1. The topological polar surface area (TPSA) is 16.4 Å². The van der Waals surface area contributed by atoms with Gasteiger partial charge in [0.1, 0.15) is 11.2 Å². The van der Waals surface area contributed by atoms with E-state index in [0.717, 1.165) is 50.1 Å². The smallest absolute Gasteiger partial charge is 0.136 e. The quantitative estimate of drug-likeness (QED) is 0.160. The maximum atomic E-state index is 6.23. The maximum absolute atomic E-state index is 6.23. The number of para-hydroxylation sites is 1. The number of benzene rings is 10. The van der Waals surface area contributed by atoms with Crippen LogP contribution in [0, 0.1) is 0 Å². The van der Waals surface area contributed by atoms with Crippen LogP contribution < -0.4 is 4.90 Å². The molecule has 11 rings (SSSR count). The van der Waals surface area contributed by atoms with Gasteiger partial charge in [0, 0.05) is 27.8 Å². The van der Waals surface area contributed by atoms with Crippen molar-refractivity contribution in [1.29, 1.82) is 0 Å². The molecule has 56 heavy (non-hydrogen) atoms. The highest BCUT2D eigenvalue weighted by Gasteiger charge is 2.16. The van der Waals surface area contributed by atoms with E-state index in [-0.39, 0.29) is 0 Å². The molecule has 0 spiro atoms. The summed E-state index contributed by atoms with van der Waals surface area (Å²) in [7, 11) is 0. The van der Waals surface area contributed by atoms with Crippen LogP contribution in [0.25, 0.3) is 87.6 Å². The number of anilines is 3. The normalized spacial score (nSPS) is 11.6. The SMILES string of the molecule is c1cc(-c2ccc3ccccc3c2)cc(N(c2ccc(-c3ccc4c(ccc5ccccc54)c3)cc2)c2ccc(-c3ccc4c(c3)oc3ccccc34)cc2)c1. The largest absolute Gasteiger partial charge is 0.456 e. The fourth-order valence-electron chi connectivity index (χ4n) is 8.34. The van der Waals surface area contributed by atoms with Gasteiger partial charge >= 0.3 is 0 Å². The minimum Gasteiger partial charge on any atom is -0.456 e. The van der Waals surface area contributed by atoms with Crippen molar-refractivity contribution in [2.45, 2.75) is 0 Å². The Morgan fingerprint density at radius 3 is 1.54 bits per heavy atom. The number of furan rings is 1. The average molecular weight is 714 g/mol. The Balaban J connectivity index is 0.982. The van der Waals surface area contributed by atoms with Crippen LogP contribution in [-0.4, -0.2) is 0 Å². The summed E-state index contributed by atoms with van der Waals surface area (Å²) in [5.74, 6) is 0. The van der Waals surface area contributed by atoms with Gasteiger partial charge < -0.3 is 9.32 Å². The zero-order chi connectivity index (χ0) is 37.0. The van der Waals surface area contributed by atoms with E-state index in [0.29, 0.717) is 0 Å². The molecular weight excluding hydrogens is 679 g/mol. The zero-order valence-electron chi connectivity index (χ0n) is 30.6. The molecule has 2 heteroatoms. The van der Waals surface area contributed by atoms with Gasteiger partial charge in [-0.25, -0.2) is 0 Å². The molecule has 0 aliphatic rings. The Kier molecular flexibility index (Phi) is 7.53. The highest BCUT2D eigenvalue weighted by atomic mass is 16.3. The summed E-state index contributed by atoms with van der Waals surface area (Å²) in [6.45, 7) is 0. The molecule has 0 saturated heterocycles. The van der Waals surface area contributed by atoms with Gasteiger partial charge in [-0.2, -0.15) is 0 Å². The first kappa shape index (κ1) is 32.0. The van der Waals surface area contributed by atoms with Gasteiger partial charge in [0.15, 0.2) is 0 Å². The highest BCUT2D eigenvalue weighted by molar-refractivity contribution is 6.08. The van der Waals surface area contributed by atoms with Gasteiger partial charge in [0.2, 0.25) is 0 Å². The van der Waals surface area contributed by atoms with Crippen molar-refractivity contribution in [2.75, 3.05) is 4.90 Å². The lowest BCUT2D eigenvalue weighted by atomic mass is 9.97. The molecule has 0 fully saturated rings. The van der Waals surface area contributed by atoms with E-state index in [1.54, 1.807) is 0 Å². The molecule has 10 aromatic carbocycles. The standard InChI is InChI=1S/C54H35NO/c1-2-10-40-32-43(18-16-36(40)8-1)41-11-7-12-48(34-41)55(47-28-22-38(23-29-47)44-25-31-52-51-14-5-6-15-53(51)56-54(52)35-44)46-26-20-37(21-27-46)42-24-30-50-45(33-42)19-17-39-9-3-4-13-49(39)50/h1-35H. The first-order valence-corrected chi connectivity index (χ1v) is 19.2. The third kappa shape index (κ3) is 5.59. The summed E-state index contributed by atoms with van der Waals surface area (Å²) >= 11 is 0. The van der Waals surface area contributed by atoms with E-state index in [9.17, 15) is 0 Å². The van der Waals surface area contributed by atoms with E-state index >= 15 is 0 Å². The van der Waals surface area contributed by atoms with Crippen LogP contribution in [0.1, 0.15) is 0 Å². The van der Waals surface area contributed by atoms with Gasteiger partial charge in [0.25, 0.3) is 0 Å². The molecule has 262 valence electrons. The van der Waals surface area contributed by atoms with Crippen molar-refractivity contribution < 1.29 is 4.42 Å². The Labute approximate surface area is 325 Å². The van der Waals surface area contributed by atoms with Crippen LogP contribution in [0.5, 0.6) is 0 Å². The Morgan fingerprint density at radius 2 is 0.750 bits per heavy atom. The van der Waals surface area contributed by atoms with Gasteiger partial charge in [-0.3, -0.25) is 0 Å². The Bertz CT molecular complexity index is 3250. The van der Waals surface area contributed by atoms with Gasteiger partial charge in [0.05, 0.1) is 0 Å². The Hall–Kier alpha value is -7.42. The molecule has 0 bridgehead atoms. The van der Waals surface area contributed by atoms with Crippen LogP contribution in [0.2, 0.25) is 0 Å². The van der Waals surface area contributed by atoms with Crippen molar-refractivity contribution in [3.63, 3.8) is 0 Å². The number of fused-ring (bicyclic) bond motifs is 7. The molecule has 0 aliphatic carbocycles. The second-order valence-corrected chi connectivity index (χ2v) is 14.6. The number of rotatable bonds is 6. The van der Waals surface area contributed by atoms with Gasteiger partial charge in [-0.05, 0) is 132 Å². The molecule has 2 nitrogen and oxygen atoms in total. The lowest BCUT2D eigenvalue weighted by molar-refractivity contribution is 0.669. The molecule has 1 heterocycles. The summed E-state index contributed by atoms with van der Waals surface area (Å²) in [5, 5.41) is 9.84. The van der Waals surface area contributed by atoms with E-state index in [4.69, 9.17) is 4.42 Å². The lowest BCUT2D eigenvalue weighted by Gasteiger charge is -2.26. The third-order valence-corrected chi connectivity index (χ3v) is 11.2. The lowest BCUT2D eigenvalue weighted by Crippen LogP contribution is -2.10. The molecule has 0 amide bonds. The predicted octanol–water partition coefficient (Wildman–Crippen LogP) is 15.5. The van der Waals surface area contributed by atoms with E-state index in [2.05, 4.69) is 205 Å². The van der Waals surface area contributed by atoms with Gasteiger partial charge in [-0.15, -0.1) is 0 Å². The fraction of sp³-hybridized carbons (Fsp3) is 0. The van der Waals surface area contributed by atoms with E-state index in [1.165, 1.54) is 54.6 Å².